The number of carbonyl (C=O) groups is 1. The standard InChI is InChI=1S/C12H19N3O5S2/c1-8-10(11(16)17)21-9(14-8)6-13-22(18,19)15-4-5-20-12(2,3)7-15/h13H,4-7H2,1-3H3,(H,16,17). The van der Waals surface area contributed by atoms with Crippen LogP contribution in [0.1, 0.15) is 34.2 Å². The first-order valence-corrected chi connectivity index (χ1v) is 8.95. The van der Waals surface area contributed by atoms with Crippen LogP contribution in [-0.4, -0.2) is 54.1 Å². The summed E-state index contributed by atoms with van der Waals surface area (Å²) in [4.78, 5) is 15.2. The van der Waals surface area contributed by atoms with Gasteiger partial charge in [-0.15, -0.1) is 11.3 Å². The van der Waals surface area contributed by atoms with Crippen molar-refractivity contribution in [1.29, 1.82) is 0 Å². The maximum Gasteiger partial charge on any atom is 0.347 e. The minimum absolute atomic E-state index is 0.0289. The van der Waals surface area contributed by atoms with Gasteiger partial charge in [0.1, 0.15) is 9.88 Å². The van der Waals surface area contributed by atoms with Crippen molar-refractivity contribution in [3.63, 3.8) is 0 Å². The van der Waals surface area contributed by atoms with E-state index in [4.69, 9.17) is 9.84 Å². The van der Waals surface area contributed by atoms with E-state index in [2.05, 4.69) is 9.71 Å². The fourth-order valence-electron chi connectivity index (χ4n) is 2.15. The van der Waals surface area contributed by atoms with Gasteiger partial charge in [0.15, 0.2) is 0 Å². The maximum atomic E-state index is 12.3. The predicted molar refractivity (Wildman–Crippen MR) is 81.2 cm³/mol. The number of nitrogens with one attached hydrogen (secondary N) is 1. The second-order valence-electron chi connectivity index (χ2n) is 5.60. The van der Waals surface area contributed by atoms with Crippen LogP contribution < -0.4 is 4.72 Å². The molecule has 1 aromatic rings. The van der Waals surface area contributed by atoms with Crippen LogP contribution in [0.3, 0.4) is 0 Å². The number of nitrogens with zero attached hydrogens (tertiary/aromatic N) is 2. The Balaban J connectivity index is 2.04. The summed E-state index contributed by atoms with van der Waals surface area (Å²) >= 11 is 0.974. The Kier molecular flexibility index (Phi) is 4.87. The fourth-order valence-corrected chi connectivity index (χ4v) is 4.38. The van der Waals surface area contributed by atoms with Crippen molar-refractivity contribution in [2.75, 3.05) is 19.7 Å². The summed E-state index contributed by atoms with van der Waals surface area (Å²) in [7, 11) is -3.65. The highest BCUT2D eigenvalue weighted by Gasteiger charge is 2.33. The number of aromatic nitrogens is 1. The third-order valence-electron chi connectivity index (χ3n) is 3.17. The SMILES string of the molecule is Cc1nc(CNS(=O)(=O)N2CCOC(C)(C)C2)sc1C(=O)O. The normalized spacial score (nSPS) is 19.2. The van der Waals surface area contributed by atoms with Crippen LogP contribution in [0, 0.1) is 6.92 Å². The number of morpholine rings is 1. The van der Waals surface area contributed by atoms with Crippen LogP contribution in [0.5, 0.6) is 0 Å². The molecule has 2 N–H and O–H groups in total. The van der Waals surface area contributed by atoms with Crippen LogP contribution in [0.2, 0.25) is 0 Å². The second-order valence-corrected chi connectivity index (χ2v) is 8.43. The maximum absolute atomic E-state index is 12.3. The van der Waals surface area contributed by atoms with E-state index in [9.17, 15) is 13.2 Å². The lowest BCUT2D eigenvalue weighted by molar-refractivity contribution is -0.0643. The molecule has 0 aromatic carbocycles. The van der Waals surface area contributed by atoms with E-state index in [-0.39, 0.29) is 24.5 Å². The van der Waals surface area contributed by atoms with Gasteiger partial charge in [-0.3, -0.25) is 0 Å². The van der Waals surface area contributed by atoms with Crippen molar-refractivity contribution in [3.05, 3.63) is 15.6 Å². The van der Waals surface area contributed by atoms with Crippen molar-refractivity contribution < 1.29 is 23.1 Å². The average molecular weight is 349 g/mol. The molecule has 1 aliphatic heterocycles. The van der Waals surface area contributed by atoms with Gasteiger partial charge in [0.05, 0.1) is 24.4 Å². The fraction of sp³-hybridized carbons (Fsp3) is 0.667. The molecule has 0 spiro atoms. The molecule has 1 aliphatic rings. The molecule has 124 valence electrons. The number of aromatic carboxylic acids is 1. The number of thiazole rings is 1. The van der Waals surface area contributed by atoms with Crippen LogP contribution in [-0.2, 0) is 21.5 Å². The van der Waals surface area contributed by atoms with Gasteiger partial charge >= 0.3 is 5.97 Å². The van der Waals surface area contributed by atoms with Crippen molar-refractivity contribution in [2.24, 2.45) is 0 Å². The van der Waals surface area contributed by atoms with E-state index in [1.807, 2.05) is 13.8 Å². The van der Waals surface area contributed by atoms with E-state index < -0.39 is 21.8 Å². The Hall–Kier alpha value is -1.07. The molecule has 8 nitrogen and oxygen atoms in total. The number of hydrogen-bond donors (Lipinski definition) is 2. The zero-order valence-electron chi connectivity index (χ0n) is 12.6. The van der Waals surface area contributed by atoms with Gasteiger partial charge in [0.2, 0.25) is 0 Å². The molecule has 0 aliphatic carbocycles. The summed E-state index contributed by atoms with van der Waals surface area (Å²) in [6, 6.07) is 0. The molecule has 0 atom stereocenters. The van der Waals surface area contributed by atoms with E-state index in [1.165, 1.54) is 4.31 Å². The summed E-state index contributed by atoms with van der Waals surface area (Å²) in [6.07, 6.45) is 0. The Labute approximate surface area is 133 Å². The molecule has 2 heterocycles. The van der Waals surface area contributed by atoms with Crippen molar-refractivity contribution in [2.45, 2.75) is 32.9 Å². The van der Waals surface area contributed by atoms with Crippen molar-refractivity contribution >= 4 is 27.5 Å². The predicted octanol–water partition coefficient (Wildman–Crippen LogP) is 0.595. The van der Waals surface area contributed by atoms with Crippen molar-refractivity contribution in [3.8, 4) is 0 Å². The summed E-state index contributed by atoms with van der Waals surface area (Å²) < 4.78 is 33.9. The average Bonchev–Trinajstić information content (AvgIpc) is 2.77. The van der Waals surface area contributed by atoms with Gasteiger partial charge in [-0.25, -0.2) is 9.78 Å². The van der Waals surface area contributed by atoms with Gasteiger partial charge in [-0.05, 0) is 20.8 Å². The van der Waals surface area contributed by atoms with E-state index >= 15 is 0 Å². The van der Waals surface area contributed by atoms with Crippen LogP contribution in [0.25, 0.3) is 0 Å². The number of hydrogen-bond acceptors (Lipinski definition) is 6. The highest BCUT2D eigenvalue weighted by Crippen LogP contribution is 2.20. The van der Waals surface area contributed by atoms with Crippen LogP contribution >= 0.6 is 11.3 Å². The second kappa shape index (κ2) is 6.20. The summed E-state index contributed by atoms with van der Waals surface area (Å²) in [5, 5.41) is 9.40. The Bertz CT molecular complexity index is 668. The summed E-state index contributed by atoms with van der Waals surface area (Å²) in [6.45, 7) is 6.11. The number of rotatable bonds is 5. The number of ether oxygens (including phenoxy) is 1. The topological polar surface area (TPSA) is 109 Å². The third kappa shape index (κ3) is 4.02. The quantitative estimate of drug-likeness (QED) is 0.805. The molecular formula is C12H19N3O5S2. The zero-order chi connectivity index (χ0) is 16.5. The molecule has 10 heteroatoms. The summed E-state index contributed by atoms with van der Waals surface area (Å²) in [5.41, 5.74) is -0.138. The molecule has 0 unspecified atom stereocenters. The molecular weight excluding hydrogens is 330 g/mol. The molecule has 0 saturated carbocycles. The molecule has 1 fully saturated rings. The van der Waals surface area contributed by atoms with Crippen molar-refractivity contribution in [1.82, 2.24) is 14.0 Å². The molecule has 0 bridgehead atoms. The minimum atomic E-state index is -3.65. The molecule has 0 amide bonds. The molecule has 1 aromatic heterocycles. The Morgan fingerprint density at radius 1 is 1.55 bits per heavy atom. The molecule has 1 saturated heterocycles. The highest BCUT2D eigenvalue weighted by atomic mass is 32.2. The highest BCUT2D eigenvalue weighted by molar-refractivity contribution is 7.87. The van der Waals surface area contributed by atoms with Gasteiger partial charge < -0.3 is 9.84 Å². The minimum Gasteiger partial charge on any atom is -0.477 e. The van der Waals surface area contributed by atoms with Crippen LogP contribution in [0.15, 0.2) is 0 Å². The lowest BCUT2D eigenvalue weighted by atomic mass is 10.1. The Morgan fingerprint density at radius 2 is 2.23 bits per heavy atom. The zero-order valence-corrected chi connectivity index (χ0v) is 14.3. The summed E-state index contributed by atoms with van der Waals surface area (Å²) in [5.74, 6) is -1.06. The largest absolute Gasteiger partial charge is 0.477 e. The van der Waals surface area contributed by atoms with E-state index in [0.29, 0.717) is 17.3 Å². The van der Waals surface area contributed by atoms with Gasteiger partial charge in [-0.1, -0.05) is 0 Å². The van der Waals surface area contributed by atoms with E-state index in [1.54, 1.807) is 6.92 Å². The number of carboxylic acid groups (broad SMARTS) is 1. The van der Waals surface area contributed by atoms with Gasteiger partial charge in [0.25, 0.3) is 10.2 Å². The molecule has 2 rings (SSSR count). The first kappa shape index (κ1) is 17.3. The van der Waals surface area contributed by atoms with E-state index in [0.717, 1.165) is 11.3 Å². The van der Waals surface area contributed by atoms with Crippen LogP contribution in [0.4, 0.5) is 0 Å². The molecule has 0 radical (unpaired) electrons. The monoisotopic (exact) mass is 349 g/mol. The number of aryl methyl sites for hydroxylation is 1. The lowest BCUT2D eigenvalue weighted by Gasteiger charge is -2.37. The smallest absolute Gasteiger partial charge is 0.347 e. The van der Waals surface area contributed by atoms with Gasteiger partial charge in [0, 0.05) is 13.1 Å². The Morgan fingerprint density at radius 3 is 2.77 bits per heavy atom. The first-order valence-electron chi connectivity index (χ1n) is 6.69. The third-order valence-corrected chi connectivity index (χ3v) is 5.82. The number of carboxylic acids is 1. The van der Waals surface area contributed by atoms with Gasteiger partial charge in [-0.2, -0.15) is 17.4 Å². The lowest BCUT2D eigenvalue weighted by Crippen LogP contribution is -2.53. The molecule has 22 heavy (non-hydrogen) atoms. The first-order chi connectivity index (χ1) is 10.1.